The van der Waals surface area contributed by atoms with Crippen molar-refractivity contribution in [1.29, 1.82) is 0 Å². The molecule has 3 aromatic carbocycles. The maximum atomic E-state index is 11.0. The third-order valence-corrected chi connectivity index (χ3v) is 3.33. The largest absolute Gasteiger partial charge is 0.310 e. The summed E-state index contributed by atoms with van der Waals surface area (Å²) >= 11 is 0. The van der Waals surface area contributed by atoms with E-state index in [1.165, 1.54) is 6.07 Å². The van der Waals surface area contributed by atoms with E-state index in [4.69, 9.17) is 0 Å². The minimum Gasteiger partial charge on any atom is -0.310 e. The molecule has 0 aromatic heterocycles. The number of benzene rings is 3. The van der Waals surface area contributed by atoms with E-state index in [-0.39, 0.29) is 10.6 Å². The molecule has 0 spiro atoms. The third kappa shape index (κ3) is 2.81. The van der Waals surface area contributed by atoms with Gasteiger partial charge in [-0.15, -0.1) is 0 Å². The molecule has 0 atom stereocenters. The lowest BCUT2D eigenvalue weighted by Crippen LogP contribution is -2.09. The van der Waals surface area contributed by atoms with Gasteiger partial charge in [0.15, 0.2) is 0 Å². The fraction of sp³-hybridized carbons (Fsp3) is 0. The Morgan fingerprint density at radius 3 is 1.68 bits per heavy atom. The molecule has 0 aliphatic rings. The first-order valence-electron chi connectivity index (χ1n) is 6.90. The molecule has 22 heavy (non-hydrogen) atoms. The van der Waals surface area contributed by atoms with Crippen molar-refractivity contribution in [1.82, 2.24) is 0 Å². The molecule has 0 amide bonds. The lowest BCUT2D eigenvalue weighted by Gasteiger charge is -2.25. The Kier molecular flexibility index (Phi) is 3.83. The van der Waals surface area contributed by atoms with Crippen LogP contribution in [0, 0.1) is 10.1 Å². The third-order valence-electron chi connectivity index (χ3n) is 3.33. The SMILES string of the molecule is O=[N+]([O-])c1cccc(N(c2ccccc2)c2ccccc2)c1. The fourth-order valence-electron chi connectivity index (χ4n) is 2.35. The van der Waals surface area contributed by atoms with Gasteiger partial charge in [-0.25, -0.2) is 0 Å². The van der Waals surface area contributed by atoms with Crippen LogP contribution in [0.15, 0.2) is 84.9 Å². The maximum absolute atomic E-state index is 11.0. The average molecular weight is 290 g/mol. The molecular weight excluding hydrogens is 276 g/mol. The Labute approximate surface area is 128 Å². The van der Waals surface area contributed by atoms with Gasteiger partial charge in [0.05, 0.1) is 10.6 Å². The van der Waals surface area contributed by atoms with E-state index in [1.54, 1.807) is 12.1 Å². The van der Waals surface area contributed by atoms with E-state index in [0.29, 0.717) is 0 Å². The summed E-state index contributed by atoms with van der Waals surface area (Å²) in [5.74, 6) is 0. The van der Waals surface area contributed by atoms with E-state index >= 15 is 0 Å². The molecule has 0 radical (unpaired) electrons. The normalized spacial score (nSPS) is 10.2. The number of hydrogen-bond donors (Lipinski definition) is 0. The monoisotopic (exact) mass is 290 g/mol. The van der Waals surface area contributed by atoms with Crippen molar-refractivity contribution >= 4 is 22.7 Å². The second-order valence-electron chi connectivity index (χ2n) is 4.78. The van der Waals surface area contributed by atoms with Crippen LogP contribution >= 0.6 is 0 Å². The van der Waals surface area contributed by atoms with E-state index in [0.717, 1.165) is 17.1 Å². The van der Waals surface area contributed by atoms with Crippen LogP contribution in [0.25, 0.3) is 0 Å². The zero-order valence-corrected chi connectivity index (χ0v) is 11.8. The number of nitro benzene ring substituents is 1. The molecule has 3 rings (SSSR count). The zero-order chi connectivity index (χ0) is 15.4. The molecule has 0 saturated carbocycles. The van der Waals surface area contributed by atoms with Crippen LogP contribution < -0.4 is 4.90 Å². The first kappa shape index (κ1) is 13.8. The number of anilines is 3. The molecule has 0 aliphatic carbocycles. The lowest BCUT2D eigenvalue weighted by molar-refractivity contribution is -0.384. The maximum Gasteiger partial charge on any atom is 0.271 e. The predicted molar refractivity (Wildman–Crippen MR) is 87.8 cm³/mol. The number of non-ortho nitro benzene ring substituents is 1. The molecule has 3 aromatic rings. The number of nitro groups is 1. The first-order chi connectivity index (χ1) is 10.8. The highest BCUT2D eigenvalue weighted by atomic mass is 16.6. The molecule has 4 heteroatoms. The van der Waals surface area contributed by atoms with Gasteiger partial charge < -0.3 is 4.90 Å². The van der Waals surface area contributed by atoms with Gasteiger partial charge in [-0.1, -0.05) is 42.5 Å². The number of para-hydroxylation sites is 2. The summed E-state index contributed by atoms with van der Waals surface area (Å²) < 4.78 is 0. The van der Waals surface area contributed by atoms with Crippen molar-refractivity contribution in [2.75, 3.05) is 4.90 Å². The summed E-state index contributed by atoms with van der Waals surface area (Å²) in [6, 6.07) is 26.2. The van der Waals surface area contributed by atoms with Gasteiger partial charge in [-0.3, -0.25) is 10.1 Å². The summed E-state index contributed by atoms with van der Waals surface area (Å²) in [4.78, 5) is 12.7. The smallest absolute Gasteiger partial charge is 0.271 e. The van der Waals surface area contributed by atoms with Crippen molar-refractivity contribution < 1.29 is 4.92 Å². The molecule has 0 N–H and O–H groups in total. The van der Waals surface area contributed by atoms with Gasteiger partial charge in [0.2, 0.25) is 0 Å². The van der Waals surface area contributed by atoms with Gasteiger partial charge >= 0.3 is 0 Å². The lowest BCUT2D eigenvalue weighted by atomic mass is 10.2. The molecular formula is C18H14N2O2. The first-order valence-corrected chi connectivity index (χ1v) is 6.90. The van der Waals surface area contributed by atoms with E-state index in [2.05, 4.69) is 0 Å². The Bertz CT molecular complexity index is 734. The van der Waals surface area contributed by atoms with Crippen molar-refractivity contribution in [2.45, 2.75) is 0 Å². The Balaban J connectivity index is 2.14. The van der Waals surface area contributed by atoms with Crippen LogP contribution in [-0.4, -0.2) is 4.92 Å². The molecule has 0 heterocycles. The van der Waals surface area contributed by atoms with Crippen molar-refractivity contribution in [3.63, 3.8) is 0 Å². The van der Waals surface area contributed by atoms with E-state index < -0.39 is 0 Å². The average Bonchev–Trinajstić information content (AvgIpc) is 2.57. The van der Waals surface area contributed by atoms with Gasteiger partial charge in [-0.05, 0) is 30.3 Å². The highest BCUT2D eigenvalue weighted by Gasteiger charge is 2.14. The highest BCUT2D eigenvalue weighted by Crippen LogP contribution is 2.35. The second-order valence-corrected chi connectivity index (χ2v) is 4.78. The molecule has 0 unspecified atom stereocenters. The summed E-state index contributed by atoms with van der Waals surface area (Å²) in [7, 11) is 0. The second kappa shape index (κ2) is 6.10. The summed E-state index contributed by atoms with van der Waals surface area (Å²) in [5, 5.41) is 11.0. The number of hydrogen-bond acceptors (Lipinski definition) is 3. The van der Waals surface area contributed by atoms with Crippen LogP contribution in [-0.2, 0) is 0 Å². The molecule has 0 saturated heterocycles. The minimum absolute atomic E-state index is 0.0781. The molecule has 108 valence electrons. The zero-order valence-electron chi connectivity index (χ0n) is 11.8. The van der Waals surface area contributed by atoms with E-state index in [9.17, 15) is 10.1 Å². The molecule has 0 aliphatic heterocycles. The van der Waals surface area contributed by atoms with Crippen LogP contribution in [0.1, 0.15) is 0 Å². The Morgan fingerprint density at radius 1 is 0.682 bits per heavy atom. The van der Waals surface area contributed by atoms with Gasteiger partial charge in [-0.2, -0.15) is 0 Å². The van der Waals surface area contributed by atoms with Crippen molar-refractivity contribution in [3.8, 4) is 0 Å². The van der Waals surface area contributed by atoms with Crippen LogP contribution in [0.4, 0.5) is 22.7 Å². The van der Waals surface area contributed by atoms with Crippen LogP contribution in [0.3, 0.4) is 0 Å². The summed E-state index contributed by atoms with van der Waals surface area (Å²) in [6.45, 7) is 0. The molecule has 4 nitrogen and oxygen atoms in total. The van der Waals surface area contributed by atoms with Gasteiger partial charge in [0, 0.05) is 23.5 Å². The van der Waals surface area contributed by atoms with Crippen LogP contribution in [0.2, 0.25) is 0 Å². The predicted octanol–water partition coefficient (Wildman–Crippen LogP) is 5.06. The number of rotatable bonds is 4. The molecule has 0 fully saturated rings. The van der Waals surface area contributed by atoms with Crippen molar-refractivity contribution in [3.05, 3.63) is 95.0 Å². The van der Waals surface area contributed by atoms with Gasteiger partial charge in [0.1, 0.15) is 0 Å². The fourth-order valence-corrected chi connectivity index (χ4v) is 2.35. The summed E-state index contributed by atoms with van der Waals surface area (Å²) in [6.07, 6.45) is 0. The number of nitrogens with zero attached hydrogens (tertiary/aromatic N) is 2. The van der Waals surface area contributed by atoms with E-state index in [1.807, 2.05) is 71.6 Å². The highest BCUT2D eigenvalue weighted by molar-refractivity contribution is 5.77. The quantitative estimate of drug-likeness (QED) is 0.498. The standard InChI is InChI=1S/C18H14N2O2/c21-20(22)18-13-7-12-17(14-18)19(15-8-3-1-4-9-15)16-10-5-2-6-11-16/h1-14H. The van der Waals surface area contributed by atoms with Gasteiger partial charge in [0.25, 0.3) is 5.69 Å². The van der Waals surface area contributed by atoms with Crippen LogP contribution in [0.5, 0.6) is 0 Å². The Hall–Kier alpha value is -3.14. The topological polar surface area (TPSA) is 46.4 Å². The Morgan fingerprint density at radius 2 is 1.18 bits per heavy atom. The van der Waals surface area contributed by atoms with Crippen molar-refractivity contribution in [2.24, 2.45) is 0 Å². The molecule has 0 bridgehead atoms. The summed E-state index contributed by atoms with van der Waals surface area (Å²) in [5.41, 5.74) is 2.74. The minimum atomic E-state index is -0.377.